The molecule has 0 saturated heterocycles. The highest BCUT2D eigenvalue weighted by atomic mass is 32.2. The van der Waals surface area contributed by atoms with Crippen molar-refractivity contribution in [2.75, 3.05) is 7.05 Å². The molecule has 0 amide bonds. The lowest BCUT2D eigenvalue weighted by atomic mass is 10.1. The molecule has 4 aromatic rings. The van der Waals surface area contributed by atoms with Crippen LogP contribution in [0.25, 0.3) is 16.8 Å². The number of rotatable bonds is 5. The fourth-order valence-corrected chi connectivity index (χ4v) is 3.90. The Morgan fingerprint density at radius 2 is 1.83 bits per heavy atom. The molecule has 0 spiro atoms. The van der Waals surface area contributed by atoms with E-state index in [9.17, 15) is 12.9 Å². The van der Waals surface area contributed by atoms with Gasteiger partial charge in [0.2, 0.25) is 0 Å². The van der Waals surface area contributed by atoms with Crippen LogP contribution in [0.1, 0.15) is 5.69 Å². The van der Waals surface area contributed by atoms with Crippen LogP contribution >= 0.6 is 0 Å². The Bertz CT molecular complexity index is 1290. The summed E-state index contributed by atoms with van der Waals surface area (Å²) in [7, 11) is -2.89. The van der Waals surface area contributed by atoms with E-state index < -0.39 is 10.0 Å². The van der Waals surface area contributed by atoms with E-state index in [1.807, 2.05) is 18.2 Å². The van der Waals surface area contributed by atoms with Gasteiger partial charge in [-0.25, -0.2) is 4.98 Å². The van der Waals surface area contributed by atoms with Crippen LogP contribution in [0.15, 0.2) is 84.3 Å². The quantitative estimate of drug-likeness (QED) is 0.288. The van der Waals surface area contributed by atoms with E-state index in [1.54, 1.807) is 47.3 Å². The average molecular weight is 410 g/mol. The van der Waals surface area contributed by atoms with Crippen LogP contribution in [0.2, 0.25) is 0 Å². The number of hydrogen-bond acceptors (Lipinski definition) is 4. The van der Waals surface area contributed by atoms with Crippen molar-refractivity contribution in [3.8, 4) is 11.1 Å². The number of fused-ring (bicyclic) bond motifs is 1. The monoisotopic (exact) mass is 410 g/mol. The van der Waals surface area contributed by atoms with Gasteiger partial charge in [-0.15, -0.1) is 0 Å². The second-order valence-corrected chi connectivity index (χ2v) is 8.19. The summed E-state index contributed by atoms with van der Waals surface area (Å²) < 4.78 is 42.2. The minimum Gasteiger partial charge on any atom is -0.294 e. The van der Waals surface area contributed by atoms with Gasteiger partial charge in [-0.3, -0.25) is 9.38 Å². The van der Waals surface area contributed by atoms with Crippen LogP contribution in [0.4, 0.5) is 4.48 Å². The summed E-state index contributed by atoms with van der Waals surface area (Å²) in [5.74, 6) is 0. The summed E-state index contributed by atoms with van der Waals surface area (Å²) in [5.41, 5.74) is 2.75. The second kappa shape index (κ2) is 7.44. The first-order chi connectivity index (χ1) is 14.0. The molecule has 0 unspecified atom stereocenters. The Balaban J connectivity index is 1.72. The van der Waals surface area contributed by atoms with Crippen molar-refractivity contribution in [3.63, 3.8) is 0 Å². The maximum Gasteiger partial charge on any atom is 0.311 e. The van der Waals surface area contributed by atoms with Crippen molar-refractivity contribution in [1.29, 1.82) is 0 Å². The van der Waals surface area contributed by atoms with Gasteiger partial charge in [0.25, 0.3) is 6.21 Å². The minimum atomic E-state index is -4.03. The number of halogens is 1. The molecular weight excluding hydrogens is 393 g/mol. The van der Waals surface area contributed by atoms with Gasteiger partial charge in [0.05, 0.1) is 18.1 Å². The van der Waals surface area contributed by atoms with Gasteiger partial charge in [-0.1, -0.05) is 24.3 Å². The summed E-state index contributed by atoms with van der Waals surface area (Å²) in [6.07, 6.45) is 7.74. The molecule has 0 aliphatic heterocycles. The highest BCUT2D eigenvalue weighted by Crippen LogP contribution is 2.20. The fraction of sp³-hybridized carbons (Fsp3) is 0.0500. The molecule has 4 rings (SSSR count). The van der Waals surface area contributed by atoms with Crippen molar-refractivity contribution in [1.82, 2.24) is 18.8 Å². The first-order valence-corrected chi connectivity index (χ1v) is 10.1. The van der Waals surface area contributed by atoms with Crippen molar-refractivity contribution < 1.29 is 17.8 Å². The zero-order chi connectivity index (χ0) is 20.4. The highest BCUT2D eigenvalue weighted by molar-refractivity contribution is 7.89. The molecular formula is C20H17FN5O2S+. The number of aromatic nitrogens is 3. The molecule has 3 heterocycles. The summed E-state index contributed by atoms with van der Waals surface area (Å²) in [6.45, 7) is 0. The molecule has 29 heavy (non-hydrogen) atoms. The number of sulfonamides is 1. The van der Waals surface area contributed by atoms with Crippen LogP contribution in [-0.2, 0) is 10.0 Å². The van der Waals surface area contributed by atoms with Crippen LogP contribution in [-0.4, -0.2) is 45.4 Å². The molecule has 146 valence electrons. The van der Waals surface area contributed by atoms with Gasteiger partial charge in [-0.2, -0.15) is 8.42 Å². The maximum atomic E-state index is 14.8. The molecule has 0 aliphatic carbocycles. The summed E-state index contributed by atoms with van der Waals surface area (Å²) >= 11 is 0. The fourth-order valence-electron chi connectivity index (χ4n) is 2.84. The van der Waals surface area contributed by atoms with Gasteiger partial charge in [0.15, 0.2) is 0 Å². The number of nitrogens with zero attached hydrogens (tertiary/aromatic N) is 5. The number of hydrazone groups is 1. The Kier molecular flexibility index (Phi) is 4.81. The molecule has 1 aromatic carbocycles. The van der Waals surface area contributed by atoms with E-state index in [0.29, 0.717) is 15.8 Å². The number of benzene rings is 1. The van der Waals surface area contributed by atoms with Crippen molar-refractivity contribution in [2.24, 2.45) is 0 Å². The smallest absolute Gasteiger partial charge is 0.294 e. The summed E-state index contributed by atoms with van der Waals surface area (Å²) in [4.78, 5) is 8.37. The average Bonchev–Trinajstić information content (AvgIpc) is 3.16. The third kappa shape index (κ3) is 3.59. The lowest BCUT2D eigenvalue weighted by Crippen LogP contribution is -2.33. The number of hydrazine groups is 1. The molecule has 0 saturated carbocycles. The third-order valence-electron chi connectivity index (χ3n) is 4.43. The topological polar surface area (TPSA) is 70.6 Å². The zero-order valence-corrected chi connectivity index (χ0v) is 16.2. The van der Waals surface area contributed by atoms with E-state index in [2.05, 4.69) is 9.97 Å². The number of hydrogen-bond donors (Lipinski definition) is 0. The lowest BCUT2D eigenvalue weighted by molar-refractivity contribution is -0.802. The Morgan fingerprint density at radius 1 is 1.03 bits per heavy atom. The first kappa shape index (κ1) is 18.8. The Labute approximate surface area is 167 Å². The molecule has 3 aromatic heterocycles. The van der Waals surface area contributed by atoms with E-state index in [0.717, 1.165) is 24.4 Å². The number of imidazole rings is 1. The van der Waals surface area contributed by atoms with Crippen molar-refractivity contribution >= 4 is 21.9 Å². The zero-order valence-electron chi connectivity index (χ0n) is 15.4. The Hall–Kier alpha value is -3.59. The van der Waals surface area contributed by atoms with Crippen LogP contribution in [0.5, 0.6) is 0 Å². The Morgan fingerprint density at radius 3 is 2.55 bits per heavy atom. The molecule has 7 nitrogen and oxygen atoms in total. The predicted octanol–water partition coefficient (Wildman–Crippen LogP) is 2.95. The molecule has 0 N–H and O–H groups in total. The van der Waals surface area contributed by atoms with Gasteiger partial charge < -0.3 is 0 Å². The van der Waals surface area contributed by atoms with Gasteiger partial charge in [0, 0.05) is 29.7 Å². The van der Waals surface area contributed by atoms with E-state index >= 15 is 0 Å². The summed E-state index contributed by atoms with van der Waals surface area (Å²) in [5, 5.41) is 0. The van der Waals surface area contributed by atoms with Crippen LogP contribution in [0, 0.1) is 0 Å². The minimum absolute atomic E-state index is 0.00411. The molecule has 0 radical (unpaired) electrons. The largest absolute Gasteiger partial charge is 0.311 e. The van der Waals surface area contributed by atoms with Gasteiger partial charge >= 0.3 is 10.0 Å². The van der Waals surface area contributed by atoms with E-state index in [4.69, 9.17) is 0 Å². The predicted molar refractivity (Wildman–Crippen MR) is 106 cm³/mol. The highest BCUT2D eigenvalue weighted by Gasteiger charge is 2.30. The molecule has 0 bridgehead atoms. The van der Waals surface area contributed by atoms with E-state index in [1.165, 1.54) is 18.3 Å². The van der Waals surface area contributed by atoms with Crippen LogP contribution in [0.3, 0.4) is 0 Å². The van der Waals surface area contributed by atoms with Crippen molar-refractivity contribution in [3.05, 3.63) is 85.1 Å². The molecule has 9 heteroatoms. The molecule has 0 aliphatic rings. The second-order valence-electron chi connectivity index (χ2n) is 6.24. The normalized spacial score (nSPS) is 12.3. The van der Waals surface area contributed by atoms with Crippen molar-refractivity contribution in [2.45, 2.75) is 4.90 Å². The molecule has 0 atom stereocenters. The van der Waals surface area contributed by atoms with Crippen LogP contribution < -0.4 is 0 Å². The van der Waals surface area contributed by atoms with Gasteiger partial charge in [-0.05, 0) is 34.7 Å². The SMILES string of the molecule is CN([N+](F)=Cc1cnc2ccc(-c3cccnc3)cn12)S(=O)(=O)c1ccccc1. The number of pyridine rings is 2. The third-order valence-corrected chi connectivity index (χ3v) is 6.15. The standard InChI is InChI=1S/C20H17FN5O2S/c1-24(29(27,28)19-7-3-2-4-8-19)26(21)15-18-13-23-20-10-9-17(14-25(18)20)16-6-5-11-22-12-16/h2-15H,1H3/q+1. The first-order valence-electron chi connectivity index (χ1n) is 8.68. The van der Waals surface area contributed by atoms with Gasteiger partial charge in [0.1, 0.15) is 20.7 Å². The molecule has 0 fully saturated rings. The lowest BCUT2D eigenvalue weighted by Gasteiger charge is -2.09. The maximum absolute atomic E-state index is 14.8. The summed E-state index contributed by atoms with van der Waals surface area (Å²) in [6, 6.07) is 15.1. The van der Waals surface area contributed by atoms with E-state index in [-0.39, 0.29) is 9.80 Å².